The molecule has 2 fully saturated rings. The van der Waals surface area contributed by atoms with Gasteiger partial charge in [-0.2, -0.15) is 0 Å². The lowest BCUT2D eigenvalue weighted by molar-refractivity contribution is 0.0790. The fourth-order valence-electron chi connectivity index (χ4n) is 5.09. The molecule has 0 radical (unpaired) electrons. The van der Waals surface area contributed by atoms with E-state index in [2.05, 4.69) is 14.9 Å². The number of fused-ring (bicyclic) bond motifs is 1. The minimum atomic E-state index is -0.00619. The largest absolute Gasteiger partial charge is 0.338 e. The van der Waals surface area contributed by atoms with Crippen molar-refractivity contribution >= 4 is 5.91 Å². The number of nitrogens with one attached hydrogen (secondary N) is 1. The van der Waals surface area contributed by atoms with Gasteiger partial charge in [0.25, 0.3) is 11.5 Å². The van der Waals surface area contributed by atoms with E-state index in [1.54, 1.807) is 24.5 Å². The lowest BCUT2D eigenvalue weighted by atomic mass is 10.0. The van der Waals surface area contributed by atoms with Gasteiger partial charge in [0.15, 0.2) is 0 Å². The summed E-state index contributed by atoms with van der Waals surface area (Å²) in [5.74, 6) is 0.812. The van der Waals surface area contributed by atoms with Crippen LogP contribution in [0, 0.1) is 0 Å². The third-order valence-corrected chi connectivity index (χ3v) is 6.73. The summed E-state index contributed by atoms with van der Waals surface area (Å²) in [6, 6.07) is 4.21. The number of aromatic amines is 1. The molecule has 1 atom stereocenters. The van der Waals surface area contributed by atoms with Crippen LogP contribution < -0.4 is 5.56 Å². The summed E-state index contributed by atoms with van der Waals surface area (Å²) < 4.78 is 0. The van der Waals surface area contributed by atoms with Crippen molar-refractivity contribution in [3.63, 3.8) is 0 Å². The topological polar surface area (TPSA) is 82.2 Å². The van der Waals surface area contributed by atoms with Crippen molar-refractivity contribution < 1.29 is 4.79 Å². The van der Waals surface area contributed by atoms with Crippen LogP contribution in [0.2, 0.25) is 0 Å². The summed E-state index contributed by atoms with van der Waals surface area (Å²) in [5.41, 5.74) is 2.41. The average molecular weight is 393 g/mol. The average Bonchev–Trinajstić information content (AvgIpc) is 3.46. The zero-order valence-corrected chi connectivity index (χ0v) is 16.6. The molecule has 7 nitrogen and oxygen atoms in total. The first-order valence-corrected chi connectivity index (χ1v) is 10.7. The maximum Gasteiger partial charge on any atom is 0.255 e. The molecule has 0 aromatic carbocycles. The third kappa shape index (κ3) is 3.59. The first-order chi connectivity index (χ1) is 14.2. The fourth-order valence-corrected chi connectivity index (χ4v) is 5.09. The summed E-state index contributed by atoms with van der Waals surface area (Å²) in [6.45, 7) is 3.00. The van der Waals surface area contributed by atoms with E-state index in [9.17, 15) is 9.59 Å². The van der Waals surface area contributed by atoms with Crippen LogP contribution >= 0.6 is 0 Å². The Hall–Kier alpha value is -2.54. The summed E-state index contributed by atoms with van der Waals surface area (Å²) >= 11 is 0. The predicted octanol–water partition coefficient (Wildman–Crippen LogP) is 2.10. The zero-order valence-electron chi connectivity index (χ0n) is 16.6. The lowest BCUT2D eigenvalue weighted by Gasteiger charge is -2.32. The van der Waals surface area contributed by atoms with Crippen LogP contribution in [0.15, 0.2) is 29.3 Å². The van der Waals surface area contributed by atoms with Crippen molar-refractivity contribution in [2.75, 3.05) is 19.6 Å². The summed E-state index contributed by atoms with van der Waals surface area (Å²) in [7, 11) is 0. The van der Waals surface area contributed by atoms with Gasteiger partial charge in [-0.05, 0) is 37.8 Å². The van der Waals surface area contributed by atoms with Gasteiger partial charge in [0.1, 0.15) is 5.82 Å². The summed E-state index contributed by atoms with van der Waals surface area (Å²) in [5, 5.41) is 0. The van der Waals surface area contributed by atoms with E-state index in [1.807, 2.05) is 4.90 Å². The van der Waals surface area contributed by atoms with Crippen molar-refractivity contribution in [3.05, 3.63) is 57.5 Å². The van der Waals surface area contributed by atoms with Gasteiger partial charge >= 0.3 is 0 Å². The highest BCUT2D eigenvalue weighted by Crippen LogP contribution is 2.29. The number of carbonyl (C=O) groups is 1. The molecule has 1 saturated heterocycles. The highest BCUT2D eigenvalue weighted by molar-refractivity contribution is 5.94. The Labute approximate surface area is 170 Å². The molecule has 1 saturated carbocycles. The smallest absolute Gasteiger partial charge is 0.255 e. The highest BCUT2D eigenvalue weighted by atomic mass is 16.2. The van der Waals surface area contributed by atoms with Gasteiger partial charge in [0, 0.05) is 56.1 Å². The molecule has 0 spiro atoms. The Morgan fingerprint density at radius 2 is 2.03 bits per heavy atom. The van der Waals surface area contributed by atoms with Gasteiger partial charge in [-0.15, -0.1) is 0 Å². The molecule has 1 amide bonds. The van der Waals surface area contributed by atoms with Crippen molar-refractivity contribution in [1.82, 2.24) is 24.8 Å². The van der Waals surface area contributed by atoms with E-state index in [0.717, 1.165) is 43.0 Å². The van der Waals surface area contributed by atoms with E-state index in [0.29, 0.717) is 24.7 Å². The van der Waals surface area contributed by atoms with E-state index in [-0.39, 0.29) is 17.4 Å². The molecule has 4 heterocycles. The fraction of sp³-hybridized carbons (Fsp3) is 0.545. The molecule has 0 bridgehead atoms. The zero-order chi connectivity index (χ0) is 19.8. The van der Waals surface area contributed by atoms with Crippen molar-refractivity contribution in [2.24, 2.45) is 0 Å². The normalized spacial score (nSPS) is 22.8. The molecule has 2 aliphatic heterocycles. The molecule has 1 unspecified atom stereocenters. The minimum absolute atomic E-state index is 0.00619. The first-order valence-electron chi connectivity index (χ1n) is 10.7. The molecule has 152 valence electrons. The second-order valence-corrected chi connectivity index (χ2v) is 8.51. The quantitative estimate of drug-likeness (QED) is 0.864. The molecule has 5 rings (SSSR count). The second-order valence-electron chi connectivity index (χ2n) is 8.51. The Morgan fingerprint density at radius 1 is 1.17 bits per heavy atom. The SMILES string of the molecule is O=C(c1cccnc1)N1CCC(c2nc3c(c(=O)[nH]2)CCN(C2CCCC2)C3)C1. The highest BCUT2D eigenvalue weighted by Gasteiger charge is 2.32. The van der Waals surface area contributed by atoms with Crippen LogP contribution in [-0.4, -0.2) is 56.3 Å². The number of amides is 1. The van der Waals surface area contributed by atoms with Crippen molar-refractivity contribution in [1.29, 1.82) is 0 Å². The van der Waals surface area contributed by atoms with Crippen molar-refractivity contribution in [2.45, 2.75) is 57.0 Å². The number of hydrogen-bond donors (Lipinski definition) is 1. The maximum atomic E-state index is 12.7. The number of pyridine rings is 1. The standard InChI is InChI=1S/C22H27N5O2/c28-21-18-8-11-26(17-5-1-2-6-17)14-19(18)24-20(25-21)16-7-10-27(13-16)22(29)15-4-3-9-23-12-15/h3-4,9,12,16-17H,1-2,5-8,10-11,13-14H2,(H,24,25,28). The van der Waals surface area contributed by atoms with Crippen LogP contribution in [0.4, 0.5) is 0 Å². The van der Waals surface area contributed by atoms with E-state index in [4.69, 9.17) is 4.98 Å². The maximum absolute atomic E-state index is 12.7. The monoisotopic (exact) mass is 393 g/mol. The number of rotatable bonds is 3. The molecule has 2 aromatic heterocycles. The van der Waals surface area contributed by atoms with Crippen LogP contribution in [0.1, 0.15) is 65.5 Å². The van der Waals surface area contributed by atoms with Crippen LogP contribution in [-0.2, 0) is 13.0 Å². The van der Waals surface area contributed by atoms with Crippen LogP contribution in [0.5, 0.6) is 0 Å². The number of carbonyl (C=O) groups excluding carboxylic acids is 1. The van der Waals surface area contributed by atoms with Gasteiger partial charge in [-0.3, -0.25) is 19.5 Å². The Morgan fingerprint density at radius 3 is 2.83 bits per heavy atom. The second kappa shape index (κ2) is 7.71. The van der Waals surface area contributed by atoms with E-state index < -0.39 is 0 Å². The number of aromatic nitrogens is 3. The number of nitrogens with zero attached hydrogens (tertiary/aromatic N) is 4. The van der Waals surface area contributed by atoms with Gasteiger partial charge in [0.05, 0.1) is 11.3 Å². The van der Waals surface area contributed by atoms with Gasteiger partial charge in [-0.1, -0.05) is 12.8 Å². The number of hydrogen-bond acceptors (Lipinski definition) is 5. The van der Waals surface area contributed by atoms with Crippen LogP contribution in [0.25, 0.3) is 0 Å². The molecular weight excluding hydrogens is 366 g/mol. The Bertz CT molecular complexity index is 951. The Balaban J connectivity index is 1.33. The number of likely N-dealkylation sites (tertiary alicyclic amines) is 1. The molecule has 3 aliphatic rings. The summed E-state index contributed by atoms with van der Waals surface area (Å²) in [6.07, 6.45) is 10.0. The van der Waals surface area contributed by atoms with Gasteiger partial charge in [-0.25, -0.2) is 4.98 Å². The Kier molecular flexibility index (Phi) is 4.91. The third-order valence-electron chi connectivity index (χ3n) is 6.73. The number of H-pyrrole nitrogens is 1. The van der Waals surface area contributed by atoms with Gasteiger partial charge < -0.3 is 9.88 Å². The lowest BCUT2D eigenvalue weighted by Crippen LogP contribution is -2.41. The molecule has 7 heteroatoms. The van der Waals surface area contributed by atoms with E-state index >= 15 is 0 Å². The van der Waals surface area contributed by atoms with Crippen LogP contribution in [0.3, 0.4) is 0 Å². The van der Waals surface area contributed by atoms with E-state index in [1.165, 1.54) is 25.7 Å². The minimum Gasteiger partial charge on any atom is -0.338 e. The molecular formula is C22H27N5O2. The van der Waals surface area contributed by atoms with Crippen molar-refractivity contribution in [3.8, 4) is 0 Å². The molecule has 2 aromatic rings. The van der Waals surface area contributed by atoms with Gasteiger partial charge in [0.2, 0.25) is 0 Å². The molecule has 1 N–H and O–H groups in total. The molecule has 29 heavy (non-hydrogen) atoms. The predicted molar refractivity (Wildman–Crippen MR) is 109 cm³/mol. The summed E-state index contributed by atoms with van der Waals surface area (Å²) in [4.78, 5) is 41.7. The first kappa shape index (κ1) is 18.5. The molecule has 1 aliphatic carbocycles.